The summed E-state index contributed by atoms with van der Waals surface area (Å²) in [5.74, 6) is -0.547. The lowest BCUT2D eigenvalue weighted by Crippen LogP contribution is -2.48. The number of nitrogens with two attached hydrogens (primary N) is 1. The van der Waals surface area contributed by atoms with Gasteiger partial charge >= 0.3 is 27.4 Å². The van der Waals surface area contributed by atoms with E-state index in [-0.39, 0.29) is 26.8 Å². The van der Waals surface area contributed by atoms with Crippen molar-refractivity contribution in [1.82, 2.24) is 9.55 Å². The largest absolute Gasteiger partial charge is 0.481 e. The Hall–Kier alpha value is -2.81. The molecule has 2 aromatic heterocycles. The first-order valence-corrected chi connectivity index (χ1v) is 29.8. The number of hydrogen-bond donors (Lipinski definition) is 4. The van der Waals surface area contributed by atoms with E-state index in [9.17, 15) is 36.9 Å². The summed E-state index contributed by atoms with van der Waals surface area (Å²) in [6, 6.07) is 3.84. The minimum absolute atomic E-state index is 0.0107. The zero-order chi connectivity index (χ0) is 48.5. The molecule has 0 spiro atoms. The molecular formula is C39H60F3N5O14P2Si2. The Morgan fingerprint density at radius 2 is 1.46 bits per heavy atom. The first-order chi connectivity index (χ1) is 29.7. The molecule has 364 valence electrons. The number of nitrogens with one attached hydrogen (secondary N) is 1. The predicted molar refractivity (Wildman–Crippen MR) is 237 cm³/mol. The molecule has 3 aromatic rings. The molecule has 19 nitrogen and oxygen atoms in total. The van der Waals surface area contributed by atoms with Crippen molar-refractivity contribution in [2.24, 2.45) is 22.6 Å². The van der Waals surface area contributed by atoms with Crippen LogP contribution in [0.4, 0.5) is 19.0 Å². The van der Waals surface area contributed by atoms with Gasteiger partial charge in [0.15, 0.2) is 22.9 Å². The number of ether oxygens (including phenoxy) is 3. The number of halogens is 3. The van der Waals surface area contributed by atoms with Crippen molar-refractivity contribution in [1.29, 1.82) is 0 Å². The number of aromatic nitrogens is 2. The molecule has 3 aliphatic rings. The van der Waals surface area contributed by atoms with Gasteiger partial charge in [-0.2, -0.15) is 17.5 Å². The normalized spacial score (nSPS) is 28.5. The van der Waals surface area contributed by atoms with Gasteiger partial charge in [-0.25, -0.2) is 18.9 Å². The van der Waals surface area contributed by atoms with Gasteiger partial charge in [-0.15, -0.1) is 0 Å². The Balaban J connectivity index is 1.15. The fraction of sp³-hybridized carbons (Fsp3) is 0.667. The van der Waals surface area contributed by atoms with Crippen LogP contribution < -0.4 is 21.4 Å². The molecule has 6 unspecified atom stereocenters. The summed E-state index contributed by atoms with van der Waals surface area (Å²) in [5.41, 5.74) is 3.87. The molecule has 0 bridgehead atoms. The smallest absolute Gasteiger partial charge is 0.464 e. The van der Waals surface area contributed by atoms with Crippen LogP contribution in [-0.2, 0) is 47.0 Å². The standard InChI is InChI=1S/C39H60F3N5O14P2Si2/c1-21-27(57-35(32(21)60-65(11,12)38(6,7)8)47-20-46-30-33(43)44-19-45-34(30)47)17-53-62(49,50)61-63(51,52)54-18-28-31(59-64(9,10)37(3,4)5)22(2)36(58-28)55-23-13-14-24-25(39(40,41)42)16-29(48)56-26(24)15-23/h13-16,19-22,27-28,31-33,35-36H,17-18,43H2,1-12H3,(H,44,45)(H,49,50)(H,51,52)/t21-,22-,27?,28?,31+,32-,33?,35-,36?/m1/s1. The maximum Gasteiger partial charge on any atom is 0.481 e. The average Bonchev–Trinajstić information content (AvgIpc) is 3.81. The molecule has 0 saturated carbocycles. The molecule has 0 radical (unpaired) electrons. The highest BCUT2D eigenvalue weighted by Gasteiger charge is 2.53. The van der Waals surface area contributed by atoms with Crippen LogP contribution in [0, 0.1) is 11.8 Å². The molecule has 0 amide bonds. The second-order valence-electron chi connectivity index (χ2n) is 19.6. The summed E-state index contributed by atoms with van der Waals surface area (Å²) in [4.78, 5) is 42.2. The van der Waals surface area contributed by atoms with Crippen molar-refractivity contribution in [2.45, 2.75) is 141 Å². The Morgan fingerprint density at radius 1 is 0.877 bits per heavy atom. The third-order valence-electron chi connectivity index (χ3n) is 12.9. The maximum atomic E-state index is 13.7. The van der Waals surface area contributed by atoms with Gasteiger partial charge in [0, 0.05) is 29.4 Å². The van der Waals surface area contributed by atoms with Crippen molar-refractivity contribution in [3.8, 4) is 5.75 Å². The van der Waals surface area contributed by atoms with Gasteiger partial charge in [0.25, 0.3) is 0 Å². The van der Waals surface area contributed by atoms with Gasteiger partial charge < -0.3 is 48.3 Å². The quantitative estimate of drug-likeness (QED) is 0.0634. The van der Waals surface area contributed by atoms with Crippen LogP contribution in [0.25, 0.3) is 11.0 Å². The summed E-state index contributed by atoms with van der Waals surface area (Å²) < 4.78 is 122. The second kappa shape index (κ2) is 18.3. The molecular weight excluding hydrogens is 938 g/mol. The lowest BCUT2D eigenvalue weighted by molar-refractivity contribution is -0.136. The summed E-state index contributed by atoms with van der Waals surface area (Å²) >= 11 is 0. The molecule has 1 aromatic carbocycles. The van der Waals surface area contributed by atoms with Crippen molar-refractivity contribution in [3.63, 3.8) is 0 Å². The number of phosphoric ester groups is 2. The van der Waals surface area contributed by atoms with Gasteiger partial charge in [0.1, 0.15) is 35.1 Å². The monoisotopic (exact) mass is 997 g/mol. The summed E-state index contributed by atoms with van der Waals surface area (Å²) in [6.45, 7) is 22.6. The summed E-state index contributed by atoms with van der Waals surface area (Å²) in [6.07, 6.45) is -7.96. The molecule has 2 fully saturated rings. The fourth-order valence-corrected chi connectivity index (χ4v) is 11.9. The maximum absolute atomic E-state index is 13.7. The van der Waals surface area contributed by atoms with E-state index in [0.717, 1.165) is 12.1 Å². The fourth-order valence-electron chi connectivity index (χ4n) is 7.07. The number of anilines is 1. The first-order valence-electron chi connectivity index (χ1n) is 20.9. The number of hydrogen-bond acceptors (Lipinski definition) is 16. The number of phosphoric acid groups is 2. The molecule has 0 aliphatic carbocycles. The molecule has 2 saturated heterocycles. The van der Waals surface area contributed by atoms with Crippen LogP contribution in [-0.4, -0.2) is 86.2 Å². The third kappa shape index (κ3) is 11.4. The van der Waals surface area contributed by atoms with Crippen molar-refractivity contribution in [3.05, 3.63) is 52.3 Å². The molecule has 5 heterocycles. The Kier molecular flexibility index (Phi) is 14.5. The third-order valence-corrected chi connectivity index (χ3v) is 24.4. The van der Waals surface area contributed by atoms with Crippen molar-refractivity contribution in [2.75, 3.05) is 18.5 Å². The minimum atomic E-state index is -5.38. The van der Waals surface area contributed by atoms with E-state index >= 15 is 0 Å². The van der Waals surface area contributed by atoms with Gasteiger partial charge in [0.05, 0.1) is 49.8 Å². The van der Waals surface area contributed by atoms with Gasteiger partial charge in [-0.3, -0.25) is 18.6 Å². The molecule has 26 heteroatoms. The summed E-state index contributed by atoms with van der Waals surface area (Å²) in [7, 11) is -15.8. The number of benzene rings is 1. The number of aliphatic imine (C=N–C) groups is 1. The zero-order valence-corrected chi connectivity index (χ0v) is 42.1. The van der Waals surface area contributed by atoms with Crippen LogP contribution in [0.1, 0.15) is 79.0 Å². The SMILES string of the molecule is C[C@@H]1C(COP(=O)(O)OP(=O)(O)OCC2OC(Oc3ccc4c(C(F)(F)F)cc(=O)oc4c3)[C@H](C)[C@@H]2O[Si](C)(C)C(C)(C)C)O[C@@H](n2cnc3c2NC=NC3N)[C@@H]1O[Si](C)(C)C(C)(C)C. The molecule has 65 heavy (non-hydrogen) atoms. The topological polar surface area (TPSA) is 247 Å². The Labute approximate surface area is 376 Å². The second-order valence-corrected chi connectivity index (χ2v) is 32.2. The number of fused-ring (bicyclic) bond motifs is 2. The highest BCUT2D eigenvalue weighted by molar-refractivity contribution is 7.61. The summed E-state index contributed by atoms with van der Waals surface area (Å²) in [5, 5.41) is 2.19. The van der Waals surface area contributed by atoms with Crippen molar-refractivity contribution < 1.29 is 72.9 Å². The zero-order valence-electron chi connectivity index (χ0n) is 38.3. The predicted octanol–water partition coefficient (Wildman–Crippen LogP) is 8.42. The van der Waals surface area contributed by atoms with E-state index < -0.39 is 118 Å². The molecule has 3 aliphatic heterocycles. The van der Waals surface area contributed by atoms with E-state index in [0.29, 0.717) is 17.6 Å². The highest BCUT2D eigenvalue weighted by Crippen LogP contribution is 2.61. The lowest BCUT2D eigenvalue weighted by atomic mass is 10.0. The lowest BCUT2D eigenvalue weighted by Gasteiger charge is -2.40. The van der Waals surface area contributed by atoms with Crippen molar-refractivity contribution >= 4 is 55.4 Å². The first kappa shape index (κ1) is 51.6. The Morgan fingerprint density at radius 3 is 2.05 bits per heavy atom. The van der Waals surface area contributed by atoms with Gasteiger partial charge in [0.2, 0.25) is 6.29 Å². The highest BCUT2D eigenvalue weighted by atomic mass is 31.3. The number of imidazole rings is 1. The van der Waals surface area contributed by atoms with E-state index in [1.807, 2.05) is 40.8 Å². The van der Waals surface area contributed by atoms with Crippen LogP contribution in [0.2, 0.25) is 36.3 Å². The molecule has 6 rings (SSSR count). The van der Waals surface area contributed by atoms with Crippen LogP contribution >= 0.6 is 15.6 Å². The van der Waals surface area contributed by atoms with E-state index in [4.69, 9.17) is 46.6 Å². The van der Waals surface area contributed by atoms with Crippen LogP contribution in [0.3, 0.4) is 0 Å². The van der Waals surface area contributed by atoms with E-state index in [2.05, 4.69) is 49.2 Å². The van der Waals surface area contributed by atoms with Crippen LogP contribution in [0.5, 0.6) is 5.75 Å². The molecule has 5 N–H and O–H groups in total. The van der Waals surface area contributed by atoms with E-state index in [1.165, 1.54) is 12.4 Å². The number of nitrogens with zero attached hydrogens (tertiary/aromatic N) is 3. The molecule has 11 atom stereocenters. The minimum Gasteiger partial charge on any atom is -0.464 e. The average molecular weight is 998 g/mol. The van der Waals surface area contributed by atoms with E-state index in [1.54, 1.807) is 17.8 Å². The Bertz CT molecular complexity index is 2410. The van der Waals surface area contributed by atoms with Gasteiger partial charge in [-0.1, -0.05) is 55.4 Å². The van der Waals surface area contributed by atoms with Crippen LogP contribution in [0.15, 0.2) is 44.8 Å². The van der Waals surface area contributed by atoms with Gasteiger partial charge in [-0.05, 0) is 48.4 Å². The number of rotatable bonds is 15. The number of alkyl halides is 3.